The Morgan fingerprint density at radius 1 is 1.06 bits per heavy atom. The molecule has 180 valence electrons. The Labute approximate surface area is 212 Å². The number of hydrogen-bond donors (Lipinski definition) is 0. The summed E-state index contributed by atoms with van der Waals surface area (Å²) in [5.74, 6) is 1.17. The Morgan fingerprint density at radius 3 is 2.83 bits per heavy atom. The lowest BCUT2D eigenvalue weighted by atomic mass is 9.44. The van der Waals surface area contributed by atoms with E-state index in [2.05, 4.69) is 69.1 Å². The molecule has 1 fully saturated rings. The lowest BCUT2D eigenvalue weighted by Gasteiger charge is -2.64. The number of benzene rings is 3. The summed E-state index contributed by atoms with van der Waals surface area (Å²) in [4.78, 5) is 8.27. The molecular formula is C33H32N2O. The molecule has 3 heteroatoms. The van der Waals surface area contributed by atoms with Crippen LogP contribution in [0.2, 0.25) is 0 Å². The van der Waals surface area contributed by atoms with Crippen molar-refractivity contribution in [2.75, 3.05) is 13.6 Å². The fourth-order valence-corrected chi connectivity index (χ4v) is 9.55. The second-order valence-corrected chi connectivity index (χ2v) is 12.6. The molecule has 5 aliphatic rings. The van der Waals surface area contributed by atoms with Gasteiger partial charge in [0.1, 0.15) is 5.75 Å². The zero-order valence-electron chi connectivity index (χ0n) is 21.7. The molecule has 2 aliphatic heterocycles. The molecule has 1 saturated heterocycles. The molecule has 2 bridgehead atoms. The number of aryl methyl sites for hydroxylation is 4. The van der Waals surface area contributed by atoms with Crippen LogP contribution in [0.5, 0.6) is 5.75 Å². The molecule has 4 atom stereocenters. The molecule has 0 radical (unpaired) electrons. The van der Waals surface area contributed by atoms with E-state index < -0.39 is 0 Å². The first kappa shape index (κ1) is 20.2. The maximum Gasteiger partial charge on any atom is 0.151 e. The van der Waals surface area contributed by atoms with E-state index in [4.69, 9.17) is 9.72 Å². The average Bonchev–Trinajstić information content (AvgIpc) is 3.45. The standard InChI is InChI=1S/C33H32N2O/c1-17-8-9-21-15-25-32(3)16-24-18(2)23-14-20-7-5-6-19-10-11-22(26(19)20)28(23)34-29(24)31-33(32,12-13-35(25)4)27(21)30(17)36-31/h5-9,14,25,31H,10-13,15-16H2,1-4H3/t25-,31-,32-,33-/m0/s1. The van der Waals surface area contributed by atoms with Gasteiger partial charge in [-0.1, -0.05) is 37.3 Å². The van der Waals surface area contributed by atoms with E-state index in [1.165, 1.54) is 72.1 Å². The van der Waals surface area contributed by atoms with E-state index in [1.54, 1.807) is 0 Å². The van der Waals surface area contributed by atoms with Crippen molar-refractivity contribution >= 4 is 21.7 Å². The minimum absolute atomic E-state index is 0.0141. The highest BCUT2D eigenvalue weighted by molar-refractivity contribution is 6.04. The predicted molar refractivity (Wildman–Crippen MR) is 144 cm³/mol. The van der Waals surface area contributed by atoms with Crippen molar-refractivity contribution in [2.45, 2.75) is 70.4 Å². The second kappa shape index (κ2) is 6.14. The highest BCUT2D eigenvalue weighted by Gasteiger charge is 2.70. The summed E-state index contributed by atoms with van der Waals surface area (Å²) in [7, 11) is 2.35. The quantitative estimate of drug-likeness (QED) is 0.281. The maximum absolute atomic E-state index is 7.13. The molecule has 3 aromatic carbocycles. The van der Waals surface area contributed by atoms with Crippen molar-refractivity contribution in [3.8, 4) is 5.75 Å². The molecular weight excluding hydrogens is 440 g/mol. The Kier molecular flexibility index (Phi) is 3.44. The van der Waals surface area contributed by atoms with Crippen molar-refractivity contribution < 1.29 is 4.74 Å². The van der Waals surface area contributed by atoms with Crippen LogP contribution < -0.4 is 4.74 Å². The number of rotatable bonds is 0. The first-order valence-corrected chi connectivity index (χ1v) is 13.8. The number of nitrogens with zero attached hydrogens (tertiary/aromatic N) is 2. The molecule has 3 nitrogen and oxygen atoms in total. The van der Waals surface area contributed by atoms with Crippen LogP contribution in [-0.4, -0.2) is 29.5 Å². The van der Waals surface area contributed by atoms with Crippen LogP contribution in [0.1, 0.15) is 64.1 Å². The van der Waals surface area contributed by atoms with Gasteiger partial charge < -0.3 is 9.64 Å². The van der Waals surface area contributed by atoms with Crippen LogP contribution in [0.15, 0.2) is 36.4 Å². The highest BCUT2D eigenvalue weighted by Crippen LogP contribution is 2.71. The van der Waals surface area contributed by atoms with E-state index in [9.17, 15) is 0 Å². The number of likely N-dealkylation sites (tertiary alicyclic amines) is 1. The van der Waals surface area contributed by atoms with Crippen molar-refractivity contribution in [1.29, 1.82) is 0 Å². The van der Waals surface area contributed by atoms with Gasteiger partial charge in [-0.05, 0) is 110 Å². The Bertz CT molecular complexity index is 1700. The fraction of sp³-hybridized carbons (Fsp3) is 0.424. The molecule has 3 heterocycles. The molecule has 3 aliphatic carbocycles. The Balaban J connectivity index is 1.40. The Hall–Kier alpha value is -2.91. The number of hydrogen-bond acceptors (Lipinski definition) is 3. The van der Waals surface area contributed by atoms with Crippen LogP contribution in [0, 0.1) is 19.3 Å². The summed E-state index contributed by atoms with van der Waals surface area (Å²) in [5, 5.41) is 4.20. The summed E-state index contributed by atoms with van der Waals surface area (Å²) < 4.78 is 7.13. The topological polar surface area (TPSA) is 25.4 Å². The summed E-state index contributed by atoms with van der Waals surface area (Å²) in [6.45, 7) is 8.32. The van der Waals surface area contributed by atoms with Gasteiger partial charge in [-0.25, -0.2) is 4.98 Å². The molecule has 1 aromatic heterocycles. The van der Waals surface area contributed by atoms with Crippen LogP contribution in [0.25, 0.3) is 21.7 Å². The van der Waals surface area contributed by atoms with Gasteiger partial charge in [-0.3, -0.25) is 0 Å². The first-order chi connectivity index (χ1) is 17.4. The predicted octanol–water partition coefficient (Wildman–Crippen LogP) is 6.30. The highest BCUT2D eigenvalue weighted by atomic mass is 16.5. The summed E-state index contributed by atoms with van der Waals surface area (Å²) in [5.41, 5.74) is 12.8. The zero-order chi connectivity index (χ0) is 24.1. The number of aromatic nitrogens is 1. The number of pyridine rings is 1. The van der Waals surface area contributed by atoms with E-state index in [-0.39, 0.29) is 16.9 Å². The minimum Gasteiger partial charge on any atom is -0.483 e. The van der Waals surface area contributed by atoms with Gasteiger partial charge in [0.25, 0.3) is 0 Å². The summed E-state index contributed by atoms with van der Waals surface area (Å²) in [6, 6.07) is 14.5. The molecule has 0 unspecified atom stereocenters. The smallest absolute Gasteiger partial charge is 0.151 e. The second-order valence-electron chi connectivity index (χ2n) is 12.6. The van der Waals surface area contributed by atoms with Crippen LogP contribution >= 0.6 is 0 Å². The number of likely N-dealkylation sites (N-methyl/N-ethyl adjacent to an activating group) is 1. The third-order valence-electron chi connectivity index (χ3n) is 11.3. The molecule has 0 N–H and O–H groups in total. The van der Waals surface area contributed by atoms with Crippen LogP contribution in [0.3, 0.4) is 0 Å². The van der Waals surface area contributed by atoms with Crippen LogP contribution in [0.4, 0.5) is 0 Å². The van der Waals surface area contributed by atoms with Crippen LogP contribution in [-0.2, 0) is 31.1 Å². The molecule has 4 aromatic rings. The third kappa shape index (κ3) is 1.98. The van der Waals surface area contributed by atoms with Crippen molar-refractivity contribution in [1.82, 2.24) is 9.88 Å². The van der Waals surface area contributed by atoms with Crippen molar-refractivity contribution in [3.05, 3.63) is 81.0 Å². The average molecular weight is 473 g/mol. The van der Waals surface area contributed by atoms with E-state index in [1.807, 2.05) is 0 Å². The third-order valence-corrected chi connectivity index (χ3v) is 11.3. The lowest BCUT2D eigenvalue weighted by molar-refractivity contribution is -0.0910. The van der Waals surface area contributed by atoms with Gasteiger partial charge >= 0.3 is 0 Å². The van der Waals surface area contributed by atoms with Gasteiger partial charge in [0.05, 0.1) is 16.6 Å². The number of ether oxygens (including phenoxy) is 1. The first-order valence-electron chi connectivity index (χ1n) is 13.8. The SMILES string of the molecule is Cc1ccc2c3c1O[C@H]1c4nc5c6c7c(cccc7cc5c(C)c4C[C@@]4(C)[C@H](C2)N(C)CC[C@]314)CC6. The minimum atomic E-state index is 0.0141. The van der Waals surface area contributed by atoms with Gasteiger partial charge in [-0.15, -0.1) is 0 Å². The molecule has 0 amide bonds. The molecule has 36 heavy (non-hydrogen) atoms. The van der Waals surface area contributed by atoms with Crippen molar-refractivity contribution in [2.24, 2.45) is 5.41 Å². The number of fused-ring (bicyclic) bond motifs is 4. The monoisotopic (exact) mass is 472 g/mol. The van der Waals surface area contributed by atoms with Gasteiger partial charge in [0.15, 0.2) is 6.10 Å². The van der Waals surface area contributed by atoms with Gasteiger partial charge in [-0.2, -0.15) is 0 Å². The summed E-state index contributed by atoms with van der Waals surface area (Å²) >= 11 is 0. The summed E-state index contributed by atoms with van der Waals surface area (Å²) in [6.07, 6.45) is 5.61. The van der Waals surface area contributed by atoms with E-state index in [0.29, 0.717) is 6.04 Å². The zero-order valence-corrected chi connectivity index (χ0v) is 21.7. The lowest BCUT2D eigenvalue weighted by Crippen LogP contribution is -2.68. The van der Waals surface area contributed by atoms with E-state index >= 15 is 0 Å². The Morgan fingerprint density at radius 2 is 1.94 bits per heavy atom. The fourth-order valence-electron chi connectivity index (χ4n) is 9.55. The number of piperidine rings is 1. The van der Waals surface area contributed by atoms with Gasteiger partial charge in [0.2, 0.25) is 0 Å². The van der Waals surface area contributed by atoms with Crippen molar-refractivity contribution in [3.63, 3.8) is 0 Å². The molecule has 0 saturated carbocycles. The van der Waals surface area contributed by atoms with Gasteiger partial charge in [0, 0.05) is 22.4 Å². The molecule has 1 spiro atoms. The maximum atomic E-state index is 7.13. The van der Waals surface area contributed by atoms with E-state index in [0.717, 1.165) is 38.6 Å². The largest absolute Gasteiger partial charge is 0.483 e. The normalized spacial score (nSPS) is 31.0. The molecule has 9 rings (SSSR count).